The largest absolute Gasteiger partial charge is 0.486 e. The predicted octanol–water partition coefficient (Wildman–Crippen LogP) is 2.75. The molecule has 0 amide bonds. The van der Waals surface area contributed by atoms with Gasteiger partial charge in [0.15, 0.2) is 5.78 Å². The molecule has 3 nitrogen and oxygen atoms in total. The second-order valence-electron chi connectivity index (χ2n) is 5.48. The van der Waals surface area contributed by atoms with Gasteiger partial charge in [0.2, 0.25) is 0 Å². The van der Waals surface area contributed by atoms with Crippen LogP contribution in [0, 0.1) is 0 Å². The zero-order valence-corrected chi connectivity index (χ0v) is 11.4. The number of likely N-dealkylation sites (N-methyl/N-ethyl adjacent to an activating group) is 1. The van der Waals surface area contributed by atoms with E-state index in [9.17, 15) is 4.79 Å². The minimum absolute atomic E-state index is 0.0753. The summed E-state index contributed by atoms with van der Waals surface area (Å²) >= 11 is 0. The summed E-state index contributed by atoms with van der Waals surface area (Å²) in [7, 11) is 2.12. The first-order valence-corrected chi connectivity index (χ1v) is 6.47. The number of Topliss-reactive ketones (excluding diaryl/α,β-unsaturated/α-hetero) is 1. The van der Waals surface area contributed by atoms with Crippen LogP contribution in [0.2, 0.25) is 0 Å². The Morgan fingerprint density at radius 1 is 1.44 bits per heavy atom. The van der Waals surface area contributed by atoms with Gasteiger partial charge >= 0.3 is 0 Å². The molecule has 3 heteroatoms. The van der Waals surface area contributed by atoms with Crippen molar-refractivity contribution in [2.24, 2.45) is 0 Å². The number of carbonyl (C=O) groups excluding carboxylic acids is 1. The molecule has 2 rings (SSSR count). The Hall–Kier alpha value is -1.35. The molecular weight excluding hydrogens is 226 g/mol. The summed E-state index contributed by atoms with van der Waals surface area (Å²) in [4.78, 5) is 13.6. The normalized spacial score (nSPS) is 24.8. The SMILES string of the molecule is CC(=O)c1cccc(OC2(C)CCCN(C)C2)c1. The average Bonchev–Trinajstić information content (AvgIpc) is 2.28. The molecule has 0 aliphatic carbocycles. The van der Waals surface area contributed by atoms with Crippen molar-refractivity contribution in [2.45, 2.75) is 32.3 Å². The number of carbonyl (C=O) groups is 1. The Morgan fingerprint density at radius 2 is 2.22 bits per heavy atom. The van der Waals surface area contributed by atoms with E-state index in [0.717, 1.165) is 31.7 Å². The maximum Gasteiger partial charge on any atom is 0.159 e. The topological polar surface area (TPSA) is 29.5 Å². The number of hydrogen-bond donors (Lipinski definition) is 0. The van der Waals surface area contributed by atoms with Gasteiger partial charge in [0.25, 0.3) is 0 Å². The fourth-order valence-electron chi connectivity index (χ4n) is 2.60. The van der Waals surface area contributed by atoms with E-state index >= 15 is 0 Å². The van der Waals surface area contributed by atoms with Crippen LogP contribution in [-0.2, 0) is 0 Å². The zero-order chi connectivity index (χ0) is 13.2. The van der Waals surface area contributed by atoms with E-state index in [2.05, 4.69) is 18.9 Å². The number of piperidine rings is 1. The van der Waals surface area contributed by atoms with Crippen molar-refractivity contribution >= 4 is 5.78 Å². The molecule has 0 bridgehead atoms. The van der Waals surface area contributed by atoms with Crippen molar-refractivity contribution in [1.82, 2.24) is 4.90 Å². The molecule has 1 aromatic rings. The number of hydrogen-bond acceptors (Lipinski definition) is 3. The van der Waals surface area contributed by atoms with Gasteiger partial charge in [-0.15, -0.1) is 0 Å². The van der Waals surface area contributed by atoms with Gasteiger partial charge in [0.05, 0.1) is 0 Å². The first-order chi connectivity index (χ1) is 8.48. The third-order valence-electron chi connectivity index (χ3n) is 3.45. The highest BCUT2D eigenvalue weighted by Crippen LogP contribution is 2.27. The van der Waals surface area contributed by atoms with Crippen LogP contribution in [0.25, 0.3) is 0 Å². The van der Waals surface area contributed by atoms with Gasteiger partial charge in [-0.1, -0.05) is 12.1 Å². The third kappa shape index (κ3) is 3.10. The van der Waals surface area contributed by atoms with Crippen molar-refractivity contribution in [3.63, 3.8) is 0 Å². The van der Waals surface area contributed by atoms with E-state index in [-0.39, 0.29) is 11.4 Å². The lowest BCUT2D eigenvalue weighted by Gasteiger charge is -2.39. The Labute approximate surface area is 109 Å². The van der Waals surface area contributed by atoms with Crippen LogP contribution in [0.3, 0.4) is 0 Å². The van der Waals surface area contributed by atoms with Crippen LogP contribution in [0.4, 0.5) is 0 Å². The van der Waals surface area contributed by atoms with Gasteiger partial charge < -0.3 is 9.64 Å². The molecule has 0 saturated carbocycles. The molecule has 18 heavy (non-hydrogen) atoms. The molecule has 1 aliphatic rings. The second-order valence-corrected chi connectivity index (χ2v) is 5.48. The quantitative estimate of drug-likeness (QED) is 0.769. The van der Waals surface area contributed by atoms with Crippen LogP contribution < -0.4 is 4.74 Å². The van der Waals surface area contributed by atoms with Gasteiger partial charge in [-0.2, -0.15) is 0 Å². The standard InChI is InChI=1S/C15H21NO2/c1-12(17)13-6-4-7-14(10-13)18-15(2)8-5-9-16(3)11-15/h4,6-7,10H,5,8-9,11H2,1-3H3. The van der Waals surface area contributed by atoms with E-state index in [4.69, 9.17) is 4.74 Å². The first kappa shape index (κ1) is 13.1. The van der Waals surface area contributed by atoms with Crippen LogP contribution in [0.1, 0.15) is 37.0 Å². The van der Waals surface area contributed by atoms with Crippen LogP contribution in [0.15, 0.2) is 24.3 Å². The summed E-state index contributed by atoms with van der Waals surface area (Å²) < 4.78 is 6.11. The van der Waals surface area contributed by atoms with E-state index < -0.39 is 0 Å². The number of nitrogens with zero attached hydrogens (tertiary/aromatic N) is 1. The summed E-state index contributed by atoms with van der Waals surface area (Å²) in [5.74, 6) is 0.867. The van der Waals surface area contributed by atoms with Crippen molar-refractivity contribution in [3.05, 3.63) is 29.8 Å². The molecule has 0 aromatic heterocycles. The van der Waals surface area contributed by atoms with Gasteiger partial charge in [0.1, 0.15) is 11.4 Å². The Kier molecular flexibility index (Phi) is 3.71. The lowest BCUT2D eigenvalue weighted by Crippen LogP contribution is -2.48. The maximum absolute atomic E-state index is 11.4. The average molecular weight is 247 g/mol. The smallest absolute Gasteiger partial charge is 0.159 e. The Balaban J connectivity index is 2.13. The lowest BCUT2D eigenvalue weighted by molar-refractivity contribution is 0.0155. The van der Waals surface area contributed by atoms with Gasteiger partial charge in [-0.3, -0.25) is 4.79 Å². The van der Waals surface area contributed by atoms with Crippen molar-refractivity contribution < 1.29 is 9.53 Å². The number of rotatable bonds is 3. The summed E-state index contributed by atoms with van der Waals surface area (Å²) in [6.45, 7) is 5.78. The molecule has 0 N–H and O–H groups in total. The van der Waals surface area contributed by atoms with Gasteiger partial charge in [0, 0.05) is 12.1 Å². The minimum atomic E-state index is -0.150. The molecule has 0 spiro atoms. The first-order valence-electron chi connectivity index (χ1n) is 6.47. The highest BCUT2D eigenvalue weighted by atomic mass is 16.5. The lowest BCUT2D eigenvalue weighted by atomic mass is 9.95. The fourth-order valence-corrected chi connectivity index (χ4v) is 2.60. The molecule has 1 atom stereocenters. The van der Waals surface area contributed by atoms with Crippen LogP contribution in [0.5, 0.6) is 5.75 Å². The van der Waals surface area contributed by atoms with Crippen LogP contribution >= 0.6 is 0 Å². The molecule has 1 aliphatic heterocycles. The zero-order valence-electron chi connectivity index (χ0n) is 11.4. The van der Waals surface area contributed by atoms with Gasteiger partial charge in [-0.05, 0) is 52.4 Å². The monoisotopic (exact) mass is 247 g/mol. The summed E-state index contributed by atoms with van der Waals surface area (Å²) in [6.07, 6.45) is 2.21. The molecule has 1 aromatic carbocycles. The fraction of sp³-hybridized carbons (Fsp3) is 0.533. The van der Waals surface area contributed by atoms with E-state index in [0.29, 0.717) is 5.56 Å². The Bertz CT molecular complexity index is 444. The number of benzene rings is 1. The van der Waals surface area contributed by atoms with E-state index in [1.165, 1.54) is 0 Å². The number of ether oxygens (including phenoxy) is 1. The van der Waals surface area contributed by atoms with Crippen molar-refractivity contribution in [1.29, 1.82) is 0 Å². The predicted molar refractivity (Wildman–Crippen MR) is 72.2 cm³/mol. The number of ketones is 1. The highest BCUT2D eigenvalue weighted by Gasteiger charge is 2.31. The number of likely N-dealkylation sites (tertiary alicyclic amines) is 1. The van der Waals surface area contributed by atoms with E-state index in [1.54, 1.807) is 6.92 Å². The third-order valence-corrected chi connectivity index (χ3v) is 3.45. The highest BCUT2D eigenvalue weighted by molar-refractivity contribution is 5.94. The minimum Gasteiger partial charge on any atom is -0.486 e. The molecular formula is C15H21NO2. The Morgan fingerprint density at radius 3 is 2.89 bits per heavy atom. The molecule has 1 fully saturated rings. The van der Waals surface area contributed by atoms with Crippen molar-refractivity contribution in [2.75, 3.05) is 20.1 Å². The molecule has 1 heterocycles. The van der Waals surface area contributed by atoms with Crippen LogP contribution in [-0.4, -0.2) is 36.4 Å². The maximum atomic E-state index is 11.4. The summed E-state index contributed by atoms with van der Waals surface area (Å²) in [5, 5.41) is 0. The molecule has 1 unspecified atom stereocenters. The molecule has 0 radical (unpaired) electrons. The molecule has 98 valence electrons. The van der Waals surface area contributed by atoms with E-state index in [1.807, 2.05) is 24.3 Å². The summed E-state index contributed by atoms with van der Waals surface area (Å²) in [5.41, 5.74) is 0.558. The van der Waals surface area contributed by atoms with Gasteiger partial charge in [-0.25, -0.2) is 0 Å². The second kappa shape index (κ2) is 5.11. The summed E-state index contributed by atoms with van der Waals surface area (Å²) in [6, 6.07) is 7.46. The molecule has 1 saturated heterocycles. The van der Waals surface area contributed by atoms with Crippen molar-refractivity contribution in [3.8, 4) is 5.75 Å².